The van der Waals surface area contributed by atoms with Crippen LogP contribution >= 0.6 is 0 Å². The molecule has 0 saturated carbocycles. The van der Waals surface area contributed by atoms with E-state index in [1.807, 2.05) is 53.4 Å². The first-order valence-electron chi connectivity index (χ1n) is 7.01. The first kappa shape index (κ1) is 12.7. The molecule has 1 fully saturated rings. The summed E-state index contributed by atoms with van der Waals surface area (Å²) in [7, 11) is 0. The monoisotopic (exact) mass is 266 g/mol. The highest BCUT2D eigenvalue weighted by molar-refractivity contribution is 5.94. The molecule has 3 heteroatoms. The predicted molar refractivity (Wildman–Crippen MR) is 82.5 cm³/mol. The lowest BCUT2D eigenvalue weighted by molar-refractivity contribution is -0.119. The molecule has 0 aromatic heterocycles. The van der Waals surface area contributed by atoms with Gasteiger partial charge in [-0.25, -0.2) is 0 Å². The third-order valence-corrected chi connectivity index (χ3v) is 3.77. The Balaban J connectivity index is 1.88. The summed E-state index contributed by atoms with van der Waals surface area (Å²) < 4.78 is 0. The number of hydrogen-bond acceptors (Lipinski definition) is 2. The zero-order chi connectivity index (χ0) is 13.9. The number of carbonyl (C=O) groups excluding carboxylic acids is 1. The van der Waals surface area contributed by atoms with E-state index in [2.05, 4.69) is 0 Å². The van der Waals surface area contributed by atoms with Gasteiger partial charge in [0.1, 0.15) is 0 Å². The van der Waals surface area contributed by atoms with Crippen LogP contribution < -0.4 is 10.6 Å². The van der Waals surface area contributed by atoms with Gasteiger partial charge in [-0.15, -0.1) is 0 Å². The Morgan fingerprint density at radius 3 is 2.40 bits per heavy atom. The van der Waals surface area contributed by atoms with Gasteiger partial charge in [0.05, 0.1) is 0 Å². The Morgan fingerprint density at radius 2 is 1.70 bits per heavy atom. The fourth-order valence-electron chi connectivity index (χ4n) is 2.66. The molecule has 1 aliphatic heterocycles. The maximum Gasteiger partial charge on any atom is 0.226 e. The van der Waals surface area contributed by atoms with E-state index in [9.17, 15) is 4.79 Å². The van der Waals surface area contributed by atoms with Crippen molar-refractivity contribution in [3.05, 3.63) is 48.5 Å². The summed E-state index contributed by atoms with van der Waals surface area (Å²) in [5.41, 5.74) is 9.85. The summed E-state index contributed by atoms with van der Waals surface area (Å²) >= 11 is 0. The zero-order valence-corrected chi connectivity index (χ0v) is 11.4. The van der Waals surface area contributed by atoms with Crippen LogP contribution in [0, 0.1) is 0 Å². The van der Waals surface area contributed by atoms with Crippen molar-refractivity contribution in [2.75, 3.05) is 17.2 Å². The average Bonchev–Trinajstić information content (AvgIpc) is 2.49. The van der Waals surface area contributed by atoms with E-state index in [0.717, 1.165) is 41.9 Å². The molecular weight excluding hydrogens is 248 g/mol. The van der Waals surface area contributed by atoms with Gasteiger partial charge >= 0.3 is 0 Å². The number of piperidine rings is 1. The molecule has 0 radical (unpaired) electrons. The molecule has 3 nitrogen and oxygen atoms in total. The highest BCUT2D eigenvalue weighted by Crippen LogP contribution is 2.28. The van der Waals surface area contributed by atoms with E-state index in [4.69, 9.17) is 5.73 Å². The first-order valence-corrected chi connectivity index (χ1v) is 7.01. The zero-order valence-electron chi connectivity index (χ0n) is 11.4. The number of hydrogen-bond donors (Lipinski definition) is 1. The SMILES string of the molecule is Nc1ccccc1-c1ccc(N2CCCCC2=O)cc1. The van der Waals surface area contributed by atoms with E-state index in [0.29, 0.717) is 6.42 Å². The summed E-state index contributed by atoms with van der Waals surface area (Å²) in [6.45, 7) is 0.825. The molecule has 0 atom stereocenters. The van der Waals surface area contributed by atoms with Crippen LogP contribution in [0.15, 0.2) is 48.5 Å². The lowest BCUT2D eigenvalue weighted by Crippen LogP contribution is -2.35. The largest absolute Gasteiger partial charge is 0.398 e. The minimum atomic E-state index is 0.225. The highest BCUT2D eigenvalue weighted by atomic mass is 16.2. The van der Waals surface area contributed by atoms with Crippen LogP contribution in [0.5, 0.6) is 0 Å². The number of amides is 1. The smallest absolute Gasteiger partial charge is 0.226 e. The number of para-hydroxylation sites is 1. The quantitative estimate of drug-likeness (QED) is 0.846. The van der Waals surface area contributed by atoms with E-state index < -0.39 is 0 Å². The van der Waals surface area contributed by atoms with E-state index in [-0.39, 0.29) is 5.91 Å². The maximum absolute atomic E-state index is 11.9. The Kier molecular flexibility index (Phi) is 3.42. The van der Waals surface area contributed by atoms with E-state index in [1.54, 1.807) is 0 Å². The van der Waals surface area contributed by atoms with Gasteiger partial charge in [0.25, 0.3) is 0 Å². The molecule has 1 heterocycles. The molecule has 0 bridgehead atoms. The van der Waals surface area contributed by atoms with Crippen molar-refractivity contribution >= 4 is 17.3 Å². The van der Waals surface area contributed by atoms with E-state index >= 15 is 0 Å². The Morgan fingerprint density at radius 1 is 0.950 bits per heavy atom. The van der Waals surface area contributed by atoms with E-state index in [1.165, 1.54) is 0 Å². The molecule has 3 rings (SSSR count). The molecule has 1 amide bonds. The first-order chi connectivity index (χ1) is 9.75. The van der Waals surface area contributed by atoms with Gasteiger partial charge in [-0.1, -0.05) is 30.3 Å². The molecule has 2 aromatic carbocycles. The van der Waals surface area contributed by atoms with Crippen LogP contribution in [-0.2, 0) is 4.79 Å². The van der Waals surface area contributed by atoms with Crippen LogP contribution in [-0.4, -0.2) is 12.5 Å². The van der Waals surface area contributed by atoms with Crippen molar-refractivity contribution in [3.8, 4) is 11.1 Å². The molecular formula is C17H18N2O. The second kappa shape index (κ2) is 5.37. The number of benzene rings is 2. The lowest BCUT2D eigenvalue weighted by atomic mass is 10.0. The van der Waals surface area contributed by atoms with Crippen molar-refractivity contribution in [3.63, 3.8) is 0 Å². The van der Waals surface area contributed by atoms with Crippen molar-refractivity contribution in [1.82, 2.24) is 0 Å². The van der Waals surface area contributed by atoms with Gasteiger partial charge in [-0.2, -0.15) is 0 Å². The molecule has 0 unspecified atom stereocenters. The number of nitrogens with zero attached hydrogens (tertiary/aromatic N) is 1. The van der Waals surface area contributed by atoms with Crippen LogP contribution in [0.3, 0.4) is 0 Å². The molecule has 2 aromatic rings. The Labute approximate surface area is 119 Å². The lowest BCUT2D eigenvalue weighted by Gasteiger charge is -2.26. The molecule has 0 spiro atoms. The van der Waals surface area contributed by atoms with Gasteiger partial charge in [0, 0.05) is 29.9 Å². The molecule has 2 N–H and O–H groups in total. The molecule has 1 aliphatic rings. The summed E-state index contributed by atoms with van der Waals surface area (Å²) in [5.74, 6) is 0.225. The second-order valence-corrected chi connectivity index (χ2v) is 5.14. The number of nitrogen functional groups attached to an aromatic ring is 1. The normalized spacial score (nSPS) is 15.4. The number of rotatable bonds is 2. The Bertz CT molecular complexity index is 619. The number of anilines is 2. The third-order valence-electron chi connectivity index (χ3n) is 3.77. The summed E-state index contributed by atoms with van der Waals surface area (Å²) in [4.78, 5) is 13.8. The van der Waals surface area contributed by atoms with Gasteiger partial charge in [0.15, 0.2) is 0 Å². The minimum Gasteiger partial charge on any atom is -0.398 e. The molecule has 1 saturated heterocycles. The molecule has 20 heavy (non-hydrogen) atoms. The number of carbonyl (C=O) groups is 1. The average molecular weight is 266 g/mol. The third kappa shape index (κ3) is 2.39. The standard InChI is InChI=1S/C17H18N2O/c18-16-6-2-1-5-15(16)13-8-10-14(11-9-13)19-12-4-3-7-17(19)20/h1-2,5-6,8-11H,3-4,7,12,18H2. The highest BCUT2D eigenvalue weighted by Gasteiger charge is 2.19. The predicted octanol–water partition coefficient (Wildman–Crippen LogP) is 3.45. The van der Waals surface area contributed by atoms with Crippen LogP contribution in [0.4, 0.5) is 11.4 Å². The molecule has 102 valence electrons. The fourth-order valence-corrected chi connectivity index (χ4v) is 2.66. The van der Waals surface area contributed by atoms with Gasteiger partial charge in [-0.3, -0.25) is 4.79 Å². The van der Waals surface area contributed by atoms with Gasteiger partial charge in [-0.05, 0) is 36.6 Å². The topological polar surface area (TPSA) is 46.3 Å². The van der Waals surface area contributed by atoms with Crippen molar-refractivity contribution < 1.29 is 4.79 Å². The van der Waals surface area contributed by atoms with Crippen molar-refractivity contribution in [2.24, 2.45) is 0 Å². The summed E-state index contributed by atoms with van der Waals surface area (Å²) in [6.07, 6.45) is 2.75. The minimum absolute atomic E-state index is 0.225. The number of nitrogens with two attached hydrogens (primary N) is 1. The summed E-state index contributed by atoms with van der Waals surface area (Å²) in [6, 6.07) is 15.9. The van der Waals surface area contributed by atoms with Crippen molar-refractivity contribution in [2.45, 2.75) is 19.3 Å². The Hall–Kier alpha value is -2.29. The van der Waals surface area contributed by atoms with Crippen LogP contribution in [0.2, 0.25) is 0 Å². The van der Waals surface area contributed by atoms with Gasteiger partial charge in [0.2, 0.25) is 5.91 Å². The second-order valence-electron chi connectivity index (χ2n) is 5.14. The van der Waals surface area contributed by atoms with Crippen LogP contribution in [0.25, 0.3) is 11.1 Å². The van der Waals surface area contributed by atoms with Gasteiger partial charge < -0.3 is 10.6 Å². The maximum atomic E-state index is 11.9. The van der Waals surface area contributed by atoms with Crippen LogP contribution in [0.1, 0.15) is 19.3 Å². The molecule has 0 aliphatic carbocycles. The fraction of sp³-hybridized carbons (Fsp3) is 0.235. The summed E-state index contributed by atoms with van der Waals surface area (Å²) in [5, 5.41) is 0. The van der Waals surface area contributed by atoms with Crippen molar-refractivity contribution in [1.29, 1.82) is 0 Å².